The van der Waals surface area contributed by atoms with E-state index in [9.17, 15) is 15.3 Å². The Labute approximate surface area is 173 Å². The summed E-state index contributed by atoms with van der Waals surface area (Å²) in [6.07, 6.45) is -1.32. The highest BCUT2D eigenvalue weighted by atomic mass is 127. The van der Waals surface area contributed by atoms with Crippen LogP contribution >= 0.6 is 22.6 Å². The van der Waals surface area contributed by atoms with E-state index in [0.717, 1.165) is 14.8 Å². The van der Waals surface area contributed by atoms with E-state index in [0.29, 0.717) is 23.5 Å². The first-order valence-electron chi connectivity index (χ1n) is 8.57. The zero-order valence-electron chi connectivity index (χ0n) is 14.6. The SMILES string of the molecule is Nc1ccc(CNc2ncnc3c2ncn3C2O[C@H](CO)[C@@H](O)[C@H]2O)cc1I. The predicted octanol–water partition coefficient (Wildman–Crippen LogP) is 0.237. The number of halogens is 1. The third kappa shape index (κ3) is 3.39. The number of nitrogens with two attached hydrogens (primary N) is 1. The molecule has 0 saturated carbocycles. The van der Waals surface area contributed by atoms with Gasteiger partial charge in [0.25, 0.3) is 0 Å². The Bertz CT molecular complexity index is 999. The Kier molecular flexibility index (Phi) is 5.33. The quantitative estimate of drug-likeness (QED) is 0.246. The number of imidazole rings is 1. The zero-order chi connectivity index (χ0) is 19.8. The normalized spacial score (nSPS) is 24.7. The number of nitrogens with one attached hydrogen (secondary N) is 1. The van der Waals surface area contributed by atoms with Crippen LogP contribution in [0, 0.1) is 3.57 Å². The van der Waals surface area contributed by atoms with Gasteiger partial charge in [0, 0.05) is 15.8 Å². The Morgan fingerprint density at radius 3 is 2.75 bits per heavy atom. The average Bonchev–Trinajstić information content (AvgIpc) is 3.24. The maximum Gasteiger partial charge on any atom is 0.167 e. The van der Waals surface area contributed by atoms with Crippen molar-refractivity contribution in [2.24, 2.45) is 0 Å². The van der Waals surface area contributed by atoms with E-state index in [1.54, 1.807) is 0 Å². The van der Waals surface area contributed by atoms with Gasteiger partial charge in [-0.25, -0.2) is 15.0 Å². The summed E-state index contributed by atoms with van der Waals surface area (Å²) in [5.74, 6) is 0.530. The maximum atomic E-state index is 10.3. The fraction of sp³-hybridized carbons (Fsp3) is 0.353. The molecule has 0 radical (unpaired) electrons. The second kappa shape index (κ2) is 7.75. The van der Waals surface area contributed by atoms with Crippen molar-refractivity contribution in [2.75, 3.05) is 17.7 Å². The fourth-order valence-electron chi connectivity index (χ4n) is 3.14. The lowest BCUT2D eigenvalue weighted by molar-refractivity contribution is -0.0511. The van der Waals surface area contributed by atoms with Crippen molar-refractivity contribution in [1.82, 2.24) is 19.5 Å². The van der Waals surface area contributed by atoms with Crippen LogP contribution < -0.4 is 11.1 Å². The van der Waals surface area contributed by atoms with Crippen molar-refractivity contribution < 1.29 is 20.1 Å². The molecule has 28 heavy (non-hydrogen) atoms. The molecule has 148 valence electrons. The van der Waals surface area contributed by atoms with Crippen LogP contribution in [0.4, 0.5) is 11.5 Å². The Balaban J connectivity index is 1.59. The number of nitrogen functional groups attached to an aromatic ring is 1. The van der Waals surface area contributed by atoms with Crippen LogP contribution in [0.2, 0.25) is 0 Å². The van der Waals surface area contributed by atoms with Crippen molar-refractivity contribution in [3.63, 3.8) is 0 Å². The van der Waals surface area contributed by atoms with Gasteiger partial charge in [-0.1, -0.05) is 6.07 Å². The number of ether oxygens (including phenoxy) is 1. The standard InChI is InChI=1S/C17H19IN6O4/c18-9-3-8(1-2-10(9)19)4-20-15-12-16(22-6-21-15)24(7-23-12)17-14(27)13(26)11(5-25)28-17/h1-3,6-7,11,13-14,17,25-27H,4-5,19H2,(H,20,21,22)/t11-,13-,14-,17?/m1/s1. The average molecular weight is 498 g/mol. The molecule has 10 nitrogen and oxygen atoms in total. The number of anilines is 2. The first-order chi connectivity index (χ1) is 13.5. The molecular formula is C17H19IN6O4. The van der Waals surface area contributed by atoms with Crippen LogP contribution in [0.3, 0.4) is 0 Å². The molecule has 0 aliphatic carbocycles. The number of nitrogens with zero attached hydrogens (tertiary/aromatic N) is 4. The molecule has 1 unspecified atom stereocenters. The summed E-state index contributed by atoms with van der Waals surface area (Å²) in [7, 11) is 0. The van der Waals surface area contributed by atoms with Gasteiger partial charge in [-0.3, -0.25) is 4.57 Å². The van der Waals surface area contributed by atoms with Gasteiger partial charge >= 0.3 is 0 Å². The lowest BCUT2D eigenvalue weighted by Crippen LogP contribution is -2.33. The highest BCUT2D eigenvalue weighted by Gasteiger charge is 2.44. The highest BCUT2D eigenvalue weighted by molar-refractivity contribution is 14.1. The van der Waals surface area contributed by atoms with Crippen molar-refractivity contribution >= 4 is 45.3 Å². The molecule has 1 aromatic carbocycles. The van der Waals surface area contributed by atoms with Gasteiger partial charge in [0.15, 0.2) is 23.2 Å². The van der Waals surface area contributed by atoms with Gasteiger partial charge in [-0.15, -0.1) is 0 Å². The Morgan fingerprint density at radius 2 is 2.04 bits per heavy atom. The summed E-state index contributed by atoms with van der Waals surface area (Å²) in [6.45, 7) is 0.118. The molecule has 1 aliphatic rings. The molecule has 3 heterocycles. The van der Waals surface area contributed by atoms with E-state index >= 15 is 0 Å². The maximum absolute atomic E-state index is 10.3. The number of benzene rings is 1. The Morgan fingerprint density at radius 1 is 1.21 bits per heavy atom. The number of aliphatic hydroxyl groups excluding tert-OH is 3. The van der Waals surface area contributed by atoms with Crippen molar-refractivity contribution in [3.8, 4) is 0 Å². The summed E-state index contributed by atoms with van der Waals surface area (Å²) < 4.78 is 8.06. The van der Waals surface area contributed by atoms with E-state index in [2.05, 4.69) is 42.9 Å². The smallest absolute Gasteiger partial charge is 0.167 e. The third-order valence-corrected chi connectivity index (χ3v) is 5.61. The third-order valence-electron chi connectivity index (χ3n) is 4.67. The van der Waals surface area contributed by atoms with Gasteiger partial charge in [-0.2, -0.15) is 0 Å². The summed E-state index contributed by atoms with van der Waals surface area (Å²) in [5.41, 5.74) is 8.56. The molecule has 2 aromatic heterocycles. The van der Waals surface area contributed by atoms with Crippen LogP contribution in [0.15, 0.2) is 30.9 Å². The van der Waals surface area contributed by atoms with Crippen LogP contribution in [0.5, 0.6) is 0 Å². The second-order valence-electron chi connectivity index (χ2n) is 6.48. The molecule has 0 amide bonds. The van der Waals surface area contributed by atoms with Crippen LogP contribution in [-0.2, 0) is 11.3 Å². The van der Waals surface area contributed by atoms with Gasteiger partial charge in [0.1, 0.15) is 24.6 Å². The van der Waals surface area contributed by atoms with Gasteiger partial charge in [0.2, 0.25) is 0 Å². The van der Waals surface area contributed by atoms with Crippen LogP contribution in [-0.4, -0.2) is 59.8 Å². The molecule has 4 rings (SSSR count). The number of hydrogen-bond acceptors (Lipinski definition) is 9. The number of rotatable bonds is 5. The van der Waals surface area contributed by atoms with Gasteiger partial charge in [0.05, 0.1) is 12.9 Å². The van der Waals surface area contributed by atoms with Gasteiger partial charge < -0.3 is 31.1 Å². The minimum atomic E-state index is -1.21. The van der Waals surface area contributed by atoms with E-state index in [1.807, 2.05) is 18.2 Å². The molecular weight excluding hydrogens is 479 g/mol. The number of fused-ring (bicyclic) bond motifs is 1. The monoisotopic (exact) mass is 498 g/mol. The highest BCUT2D eigenvalue weighted by Crippen LogP contribution is 2.32. The number of aliphatic hydroxyl groups is 3. The molecule has 6 N–H and O–H groups in total. The fourth-order valence-corrected chi connectivity index (χ4v) is 3.72. The first kappa shape index (κ1) is 19.3. The van der Waals surface area contributed by atoms with Crippen molar-refractivity contribution in [3.05, 3.63) is 40.0 Å². The molecule has 0 bridgehead atoms. The second-order valence-corrected chi connectivity index (χ2v) is 7.65. The topological polar surface area (TPSA) is 152 Å². The number of aromatic nitrogens is 4. The first-order valence-corrected chi connectivity index (χ1v) is 9.65. The Hall–Kier alpha value is -2.06. The molecule has 1 saturated heterocycles. The van der Waals surface area contributed by atoms with Crippen molar-refractivity contribution in [1.29, 1.82) is 0 Å². The summed E-state index contributed by atoms with van der Waals surface area (Å²) in [4.78, 5) is 12.8. The van der Waals surface area contributed by atoms with E-state index < -0.39 is 31.1 Å². The number of hydrogen-bond donors (Lipinski definition) is 5. The minimum absolute atomic E-state index is 0.399. The molecule has 1 fully saturated rings. The largest absolute Gasteiger partial charge is 0.398 e. The predicted molar refractivity (Wildman–Crippen MR) is 109 cm³/mol. The lowest BCUT2D eigenvalue weighted by Gasteiger charge is -2.16. The molecule has 3 aromatic rings. The van der Waals surface area contributed by atoms with Crippen LogP contribution in [0.25, 0.3) is 11.2 Å². The summed E-state index contributed by atoms with van der Waals surface area (Å²) in [6, 6.07) is 5.77. The van der Waals surface area contributed by atoms with E-state index in [4.69, 9.17) is 10.5 Å². The van der Waals surface area contributed by atoms with E-state index in [1.165, 1.54) is 17.2 Å². The summed E-state index contributed by atoms with van der Waals surface area (Å²) in [5, 5.41) is 32.7. The van der Waals surface area contributed by atoms with Crippen molar-refractivity contribution in [2.45, 2.75) is 31.1 Å². The summed E-state index contributed by atoms with van der Waals surface area (Å²) >= 11 is 2.18. The minimum Gasteiger partial charge on any atom is -0.398 e. The zero-order valence-corrected chi connectivity index (χ0v) is 16.8. The van der Waals surface area contributed by atoms with E-state index in [-0.39, 0.29) is 0 Å². The molecule has 1 aliphatic heterocycles. The lowest BCUT2D eigenvalue weighted by atomic mass is 10.1. The molecule has 0 spiro atoms. The molecule has 11 heteroatoms. The molecule has 4 atom stereocenters. The van der Waals surface area contributed by atoms with Crippen LogP contribution in [0.1, 0.15) is 11.8 Å². The van der Waals surface area contributed by atoms with Gasteiger partial charge in [-0.05, 0) is 40.3 Å².